The van der Waals surface area contributed by atoms with Crippen LogP contribution in [0.2, 0.25) is 0 Å². The molecule has 3 nitrogen and oxygen atoms in total. The van der Waals surface area contributed by atoms with Crippen molar-refractivity contribution in [1.82, 2.24) is 4.90 Å². The van der Waals surface area contributed by atoms with Crippen LogP contribution in [0.4, 0.5) is 0 Å². The number of carbonyl (C=O) groups is 1. The van der Waals surface area contributed by atoms with Gasteiger partial charge < -0.3 is 10.6 Å². The molecule has 0 radical (unpaired) electrons. The monoisotopic (exact) mass is 246 g/mol. The average Bonchev–Trinajstić information content (AvgIpc) is 2.74. The third-order valence-electron chi connectivity index (χ3n) is 3.86. The van der Waals surface area contributed by atoms with Crippen LogP contribution in [0, 0.1) is 5.92 Å². The van der Waals surface area contributed by atoms with Crippen molar-refractivity contribution in [3.8, 4) is 0 Å². The van der Waals surface area contributed by atoms with Crippen molar-refractivity contribution >= 4 is 18.3 Å². The van der Waals surface area contributed by atoms with Gasteiger partial charge in [0.15, 0.2) is 0 Å². The minimum absolute atomic E-state index is 0. The van der Waals surface area contributed by atoms with Gasteiger partial charge in [-0.2, -0.15) is 0 Å². The molecule has 0 aromatic rings. The van der Waals surface area contributed by atoms with Gasteiger partial charge in [0.2, 0.25) is 5.91 Å². The highest BCUT2D eigenvalue weighted by molar-refractivity contribution is 5.85. The highest BCUT2D eigenvalue weighted by Crippen LogP contribution is 2.26. The number of nitrogens with zero attached hydrogens (tertiary/aromatic N) is 1. The maximum absolute atomic E-state index is 11.9. The minimum Gasteiger partial charge on any atom is -0.343 e. The molecule has 2 fully saturated rings. The van der Waals surface area contributed by atoms with E-state index in [0.29, 0.717) is 18.2 Å². The van der Waals surface area contributed by atoms with Gasteiger partial charge in [0.25, 0.3) is 0 Å². The van der Waals surface area contributed by atoms with Crippen LogP contribution in [0.1, 0.15) is 44.9 Å². The molecular formula is C12H23ClN2O. The fraction of sp³-hybridized carbons (Fsp3) is 0.917. The Hall–Kier alpha value is -0.280. The van der Waals surface area contributed by atoms with E-state index < -0.39 is 0 Å². The number of carbonyl (C=O) groups excluding carboxylic acids is 1. The Balaban J connectivity index is 0.00000128. The van der Waals surface area contributed by atoms with E-state index in [9.17, 15) is 4.79 Å². The second-order valence-corrected chi connectivity index (χ2v) is 5.00. The first-order valence-corrected chi connectivity index (χ1v) is 6.31. The summed E-state index contributed by atoms with van der Waals surface area (Å²) in [7, 11) is 0. The summed E-state index contributed by atoms with van der Waals surface area (Å²) in [5.41, 5.74) is 6.06. The molecule has 0 aromatic carbocycles. The molecule has 1 aliphatic carbocycles. The summed E-state index contributed by atoms with van der Waals surface area (Å²) in [6.45, 7) is 1.95. The minimum atomic E-state index is 0. The van der Waals surface area contributed by atoms with Crippen molar-refractivity contribution in [3.63, 3.8) is 0 Å². The topological polar surface area (TPSA) is 46.3 Å². The maximum atomic E-state index is 11.9. The van der Waals surface area contributed by atoms with Crippen LogP contribution in [0.25, 0.3) is 0 Å². The molecule has 1 aliphatic heterocycles. The summed E-state index contributed by atoms with van der Waals surface area (Å²) >= 11 is 0. The second kappa shape index (κ2) is 6.45. The smallest absolute Gasteiger partial charge is 0.222 e. The Morgan fingerprint density at radius 3 is 2.38 bits per heavy atom. The molecule has 2 N–H and O–H groups in total. The maximum Gasteiger partial charge on any atom is 0.222 e. The molecule has 2 rings (SSSR count). The summed E-state index contributed by atoms with van der Waals surface area (Å²) in [6.07, 6.45) is 7.83. The lowest BCUT2D eigenvalue weighted by molar-refractivity contribution is -0.131. The van der Waals surface area contributed by atoms with E-state index in [2.05, 4.69) is 0 Å². The number of rotatable bonds is 2. The molecule has 1 amide bonds. The van der Waals surface area contributed by atoms with Crippen LogP contribution in [0.5, 0.6) is 0 Å². The lowest BCUT2D eigenvalue weighted by Crippen LogP contribution is -2.38. The van der Waals surface area contributed by atoms with Crippen molar-refractivity contribution in [2.24, 2.45) is 11.7 Å². The molecule has 4 heteroatoms. The highest BCUT2D eigenvalue weighted by Gasteiger charge is 2.27. The predicted molar refractivity (Wildman–Crippen MR) is 67.6 cm³/mol. The molecule has 2 aliphatic rings. The van der Waals surface area contributed by atoms with E-state index in [1.807, 2.05) is 4.90 Å². The largest absolute Gasteiger partial charge is 0.343 e. The first-order chi connectivity index (χ1) is 7.27. The zero-order valence-electron chi connectivity index (χ0n) is 9.86. The average molecular weight is 247 g/mol. The number of nitrogens with two attached hydrogens (primary N) is 1. The molecule has 1 saturated heterocycles. The summed E-state index contributed by atoms with van der Waals surface area (Å²) in [6, 6.07) is 0.269. The third kappa shape index (κ3) is 3.36. The molecule has 2 atom stereocenters. The summed E-state index contributed by atoms with van der Waals surface area (Å²) in [5, 5.41) is 0. The van der Waals surface area contributed by atoms with Crippen molar-refractivity contribution < 1.29 is 4.79 Å². The van der Waals surface area contributed by atoms with Crippen LogP contribution in [-0.4, -0.2) is 29.9 Å². The lowest BCUT2D eigenvalue weighted by atomic mass is 9.83. The summed E-state index contributed by atoms with van der Waals surface area (Å²) in [4.78, 5) is 13.9. The van der Waals surface area contributed by atoms with Crippen LogP contribution >= 0.6 is 12.4 Å². The molecule has 1 saturated carbocycles. The molecular weight excluding hydrogens is 224 g/mol. The van der Waals surface area contributed by atoms with Gasteiger partial charge in [-0.05, 0) is 31.6 Å². The molecule has 0 bridgehead atoms. The van der Waals surface area contributed by atoms with Crippen molar-refractivity contribution in [2.45, 2.75) is 51.0 Å². The molecule has 0 aromatic heterocycles. The van der Waals surface area contributed by atoms with Crippen molar-refractivity contribution in [3.05, 3.63) is 0 Å². The Labute approximate surface area is 104 Å². The molecule has 94 valence electrons. The fourth-order valence-corrected chi connectivity index (χ4v) is 2.81. The first kappa shape index (κ1) is 13.8. The Kier molecular flexibility index (Phi) is 5.56. The Morgan fingerprint density at radius 1 is 1.12 bits per heavy atom. The van der Waals surface area contributed by atoms with Crippen LogP contribution in [0.3, 0.4) is 0 Å². The number of hydrogen-bond acceptors (Lipinski definition) is 2. The van der Waals surface area contributed by atoms with Gasteiger partial charge in [-0.3, -0.25) is 4.79 Å². The number of hydrogen-bond donors (Lipinski definition) is 1. The molecule has 0 spiro atoms. The van der Waals surface area contributed by atoms with Gasteiger partial charge in [0, 0.05) is 25.6 Å². The van der Waals surface area contributed by atoms with Gasteiger partial charge in [0.05, 0.1) is 0 Å². The zero-order valence-corrected chi connectivity index (χ0v) is 10.7. The van der Waals surface area contributed by atoms with Gasteiger partial charge in [-0.1, -0.05) is 12.8 Å². The lowest BCUT2D eigenvalue weighted by Gasteiger charge is -2.29. The fourth-order valence-electron chi connectivity index (χ4n) is 2.81. The highest BCUT2D eigenvalue weighted by atomic mass is 35.5. The normalized spacial score (nSPS) is 29.9. The number of halogens is 1. The molecule has 2 unspecified atom stereocenters. The Morgan fingerprint density at radius 2 is 1.75 bits per heavy atom. The Bertz CT molecular complexity index is 229. The van der Waals surface area contributed by atoms with Crippen LogP contribution < -0.4 is 5.73 Å². The van der Waals surface area contributed by atoms with E-state index in [4.69, 9.17) is 5.73 Å². The van der Waals surface area contributed by atoms with Crippen LogP contribution in [0.15, 0.2) is 0 Å². The van der Waals surface area contributed by atoms with Gasteiger partial charge >= 0.3 is 0 Å². The van der Waals surface area contributed by atoms with Crippen molar-refractivity contribution in [1.29, 1.82) is 0 Å². The zero-order chi connectivity index (χ0) is 10.7. The van der Waals surface area contributed by atoms with E-state index >= 15 is 0 Å². The number of likely N-dealkylation sites (tertiary alicyclic amines) is 1. The van der Waals surface area contributed by atoms with Gasteiger partial charge in [-0.15, -0.1) is 12.4 Å². The van der Waals surface area contributed by atoms with Gasteiger partial charge in [0.1, 0.15) is 0 Å². The van der Waals surface area contributed by atoms with Crippen molar-refractivity contribution in [2.75, 3.05) is 13.1 Å². The predicted octanol–water partition coefficient (Wildman–Crippen LogP) is 1.94. The molecule has 1 heterocycles. The number of amides is 1. The summed E-state index contributed by atoms with van der Waals surface area (Å²) in [5.74, 6) is 0.793. The summed E-state index contributed by atoms with van der Waals surface area (Å²) < 4.78 is 0. The van der Waals surface area contributed by atoms with E-state index in [-0.39, 0.29) is 18.4 Å². The SMILES string of the molecule is Cl.NC1CCCCC1CC(=O)N1CCCC1. The second-order valence-electron chi connectivity index (χ2n) is 5.00. The van der Waals surface area contributed by atoms with E-state index in [1.165, 1.54) is 25.7 Å². The van der Waals surface area contributed by atoms with E-state index in [1.54, 1.807) is 0 Å². The standard InChI is InChI=1S/C12H22N2O.ClH/c13-11-6-2-1-5-10(11)9-12(15)14-7-3-4-8-14;/h10-11H,1-9,13H2;1H. The molecule has 16 heavy (non-hydrogen) atoms. The first-order valence-electron chi connectivity index (χ1n) is 6.31. The third-order valence-corrected chi connectivity index (χ3v) is 3.86. The van der Waals surface area contributed by atoms with Crippen LogP contribution in [-0.2, 0) is 4.79 Å². The quantitative estimate of drug-likeness (QED) is 0.810. The van der Waals surface area contributed by atoms with E-state index in [0.717, 1.165) is 25.9 Å². The van der Waals surface area contributed by atoms with Gasteiger partial charge in [-0.25, -0.2) is 0 Å².